The van der Waals surface area contributed by atoms with E-state index >= 15 is 0 Å². The molecule has 0 radical (unpaired) electrons. The van der Waals surface area contributed by atoms with E-state index in [9.17, 15) is 18.0 Å². The Balaban J connectivity index is 2.24. The lowest BCUT2D eigenvalue weighted by atomic mass is 10.1. The van der Waals surface area contributed by atoms with Crippen molar-refractivity contribution in [3.63, 3.8) is 0 Å². The summed E-state index contributed by atoms with van der Waals surface area (Å²) in [5, 5.41) is 2.42. The van der Waals surface area contributed by atoms with Crippen molar-refractivity contribution in [1.82, 2.24) is 0 Å². The van der Waals surface area contributed by atoms with Crippen LogP contribution in [-0.4, -0.2) is 11.7 Å². The van der Waals surface area contributed by atoms with E-state index in [1.54, 1.807) is 20.8 Å². The number of halogens is 3. The summed E-state index contributed by atoms with van der Waals surface area (Å²) >= 11 is 0. The third-order valence-corrected chi connectivity index (χ3v) is 2.96. The van der Waals surface area contributed by atoms with Gasteiger partial charge in [-0.1, -0.05) is 11.8 Å². The SMILES string of the molecule is CC(C)(C)OC(=O)Nc1ccc(C(F)(F)F)c(C#CC2CC2)c1. The zero-order valence-electron chi connectivity index (χ0n) is 13.2. The molecule has 2 rings (SSSR count). The number of hydrogen-bond acceptors (Lipinski definition) is 2. The maximum absolute atomic E-state index is 13.0. The average Bonchev–Trinajstić information content (AvgIpc) is 3.16. The largest absolute Gasteiger partial charge is 0.444 e. The van der Waals surface area contributed by atoms with Gasteiger partial charge in [0, 0.05) is 17.2 Å². The van der Waals surface area contributed by atoms with Crippen molar-refractivity contribution in [3.05, 3.63) is 29.3 Å². The first kappa shape index (κ1) is 17.2. The molecule has 1 aromatic rings. The Kier molecular flexibility index (Phi) is 4.60. The van der Waals surface area contributed by atoms with Gasteiger partial charge >= 0.3 is 12.3 Å². The number of nitrogens with one attached hydrogen (secondary N) is 1. The molecule has 0 saturated heterocycles. The van der Waals surface area contributed by atoms with Crippen LogP contribution in [0.4, 0.5) is 23.7 Å². The number of carbonyl (C=O) groups excluding carboxylic acids is 1. The van der Waals surface area contributed by atoms with Crippen molar-refractivity contribution >= 4 is 11.8 Å². The van der Waals surface area contributed by atoms with Gasteiger partial charge in [0.2, 0.25) is 0 Å². The smallest absolute Gasteiger partial charge is 0.417 e. The molecule has 0 atom stereocenters. The predicted octanol–water partition coefficient (Wildman–Crippen LogP) is 4.81. The molecule has 1 saturated carbocycles. The molecule has 0 spiro atoms. The number of benzene rings is 1. The molecule has 6 heteroatoms. The van der Waals surface area contributed by atoms with Crippen LogP contribution in [0, 0.1) is 17.8 Å². The Morgan fingerprint density at radius 1 is 1.26 bits per heavy atom. The van der Waals surface area contributed by atoms with E-state index in [-0.39, 0.29) is 17.2 Å². The van der Waals surface area contributed by atoms with Gasteiger partial charge < -0.3 is 4.74 Å². The fourth-order valence-electron chi connectivity index (χ4n) is 1.80. The molecule has 1 aromatic carbocycles. The first-order chi connectivity index (χ1) is 10.5. The monoisotopic (exact) mass is 325 g/mol. The molecular weight excluding hydrogens is 307 g/mol. The van der Waals surface area contributed by atoms with E-state index in [1.807, 2.05) is 0 Å². The van der Waals surface area contributed by atoms with Crippen molar-refractivity contribution in [3.8, 4) is 11.8 Å². The van der Waals surface area contributed by atoms with Gasteiger partial charge in [0.15, 0.2) is 0 Å². The topological polar surface area (TPSA) is 38.3 Å². The average molecular weight is 325 g/mol. The third-order valence-electron chi connectivity index (χ3n) is 2.96. The molecular formula is C17H18F3NO2. The summed E-state index contributed by atoms with van der Waals surface area (Å²) in [6.45, 7) is 5.10. The van der Waals surface area contributed by atoms with E-state index in [0.29, 0.717) is 0 Å². The van der Waals surface area contributed by atoms with E-state index in [4.69, 9.17) is 4.74 Å². The van der Waals surface area contributed by atoms with Gasteiger partial charge in [-0.25, -0.2) is 4.79 Å². The predicted molar refractivity (Wildman–Crippen MR) is 80.9 cm³/mol. The number of ether oxygens (including phenoxy) is 1. The second kappa shape index (κ2) is 6.15. The summed E-state index contributed by atoms with van der Waals surface area (Å²) in [6, 6.07) is 3.33. The molecule has 0 aromatic heterocycles. The molecule has 1 aliphatic carbocycles. The lowest BCUT2D eigenvalue weighted by Gasteiger charge is -2.20. The first-order valence-electron chi connectivity index (χ1n) is 7.27. The van der Waals surface area contributed by atoms with Gasteiger partial charge in [0.05, 0.1) is 5.56 Å². The zero-order chi connectivity index (χ0) is 17.3. The maximum atomic E-state index is 13.0. The molecule has 1 N–H and O–H groups in total. The van der Waals surface area contributed by atoms with Gasteiger partial charge in [0.25, 0.3) is 0 Å². The van der Waals surface area contributed by atoms with Gasteiger partial charge in [-0.15, -0.1) is 0 Å². The molecule has 1 fully saturated rings. The van der Waals surface area contributed by atoms with Crippen LogP contribution in [0.5, 0.6) is 0 Å². The molecule has 3 nitrogen and oxygen atoms in total. The van der Waals surface area contributed by atoms with Gasteiger partial charge in [-0.2, -0.15) is 13.2 Å². The highest BCUT2D eigenvalue weighted by Crippen LogP contribution is 2.34. The second-order valence-corrected chi connectivity index (χ2v) is 6.43. The normalized spacial score (nSPS) is 14.7. The summed E-state index contributed by atoms with van der Waals surface area (Å²) in [7, 11) is 0. The Bertz CT molecular complexity index is 659. The number of anilines is 1. The highest BCUT2D eigenvalue weighted by Gasteiger charge is 2.33. The van der Waals surface area contributed by atoms with Crippen LogP contribution >= 0.6 is 0 Å². The van der Waals surface area contributed by atoms with Crippen molar-refractivity contribution < 1.29 is 22.7 Å². The Labute approximate surface area is 133 Å². The molecule has 1 aliphatic rings. The summed E-state index contributed by atoms with van der Waals surface area (Å²) in [6.07, 6.45) is -3.37. The lowest BCUT2D eigenvalue weighted by Crippen LogP contribution is -2.27. The Morgan fingerprint density at radius 3 is 2.43 bits per heavy atom. The highest BCUT2D eigenvalue weighted by molar-refractivity contribution is 5.85. The minimum Gasteiger partial charge on any atom is -0.444 e. The number of hydrogen-bond donors (Lipinski definition) is 1. The number of amides is 1. The molecule has 0 bridgehead atoms. The number of alkyl halides is 3. The van der Waals surface area contributed by atoms with E-state index in [1.165, 1.54) is 12.1 Å². The summed E-state index contributed by atoms with van der Waals surface area (Å²) in [4.78, 5) is 11.7. The summed E-state index contributed by atoms with van der Waals surface area (Å²) in [5.74, 6) is 5.57. The van der Waals surface area contributed by atoms with Gasteiger partial charge in [0.1, 0.15) is 5.60 Å². The molecule has 0 unspecified atom stereocenters. The number of carbonyl (C=O) groups is 1. The van der Waals surface area contributed by atoms with Crippen molar-refractivity contribution in [2.24, 2.45) is 5.92 Å². The standard InChI is InChI=1S/C17H18F3NO2/c1-16(2,3)23-15(22)21-13-8-9-14(17(18,19)20)12(10-13)7-6-11-4-5-11/h8-11H,4-5H2,1-3H3,(H,21,22). The van der Waals surface area contributed by atoms with Crippen LogP contribution in [0.25, 0.3) is 0 Å². The Hall–Kier alpha value is -2.16. The first-order valence-corrected chi connectivity index (χ1v) is 7.27. The van der Waals surface area contributed by atoms with Crippen LogP contribution < -0.4 is 5.32 Å². The Morgan fingerprint density at radius 2 is 1.91 bits per heavy atom. The maximum Gasteiger partial charge on any atom is 0.417 e. The zero-order valence-corrected chi connectivity index (χ0v) is 13.2. The van der Waals surface area contributed by atoms with Crippen molar-refractivity contribution in [2.75, 3.05) is 5.32 Å². The minimum absolute atomic E-state index is 0.141. The van der Waals surface area contributed by atoms with E-state index in [0.717, 1.165) is 18.9 Å². The van der Waals surface area contributed by atoms with Crippen molar-refractivity contribution in [2.45, 2.75) is 45.4 Å². The van der Waals surface area contributed by atoms with Gasteiger partial charge in [-0.05, 0) is 51.8 Å². The van der Waals surface area contributed by atoms with Gasteiger partial charge in [-0.3, -0.25) is 5.32 Å². The van der Waals surface area contributed by atoms with Crippen molar-refractivity contribution in [1.29, 1.82) is 0 Å². The van der Waals surface area contributed by atoms with E-state index in [2.05, 4.69) is 17.2 Å². The van der Waals surface area contributed by atoms with Crippen LogP contribution in [0.15, 0.2) is 18.2 Å². The fourth-order valence-corrected chi connectivity index (χ4v) is 1.80. The number of rotatable bonds is 1. The summed E-state index contributed by atoms with van der Waals surface area (Å²) < 4.78 is 44.2. The molecule has 1 amide bonds. The lowest BCUT2D eigenvalue weighted by molar-refractivity contribution is -0.137. The molecule has 0 aliphatic heterocycles. The quantitative estimate of drug-likeness (QED) is 0.752. The van der Waals surface area contributed by atoms with E-state index < -0.39 is 23.4 Å². The molecule has 0 heterocycles. The summed E-state index contributed by atoms with van der Waals surface area (Å²) in [5.41, 5.74) is -1.42. The molecule has 124 valence electrons. The third kappa shape index (κ3) is 5.51. The van der Waals surface area contributed by atoms with Crippen LogP contribution in [0.3, 0.4) is 0 Å². The fraction of sp³-hybridized carbons (Fsp3) is 0.471. The molecule has 23 heavy (non-hydrogen) atoms. The minimum atomic E-state index is -4.49. The highest BCUT2D eigenvalue weighted by atomic mass is 19.4. The van der Waals surface area contributed by atoms with Crippen LogP contribution in [0.1, 0.15) is 44.7 Å². The van der Waals surface area contributed by atoms with Crippen LogP contribution in [0.2, 0.25) is 0 Å². The second-order valence-electron chi connectivity index (χ2n) is 6.43. The van der Waals surface area contributed by atoms with Crippen LogP contribution in [-0.2, 0) is 10.9 Å².